The highest BCUT2D eigenvalue weighted by Crippen LogP contribution is 2.42. The maximum Gasteiger partial charge on any atom is 0.438 e. The fourth-order valence-corrected chi connectivity index (χ4v) is 3.22. The molecule has 0 bridgehead atoms. The second-order valence-electron chi connectivity index (χ2n) is 4.93. The fourth-order valence-electron chi connectivity index (χ4n) is 2.01. The summed E-state index contributed by atoms with van der Waals surface area (Å²) in [6, 6.07) is 4.98. The quantitative estimate of drug-likeness (QED) is 0.391. The van der Waals surface area contributed by atoms with Gasteiger partial charge in [0.2, 0.25) is 5.69 Å². The zero-order valence-corrected chi connectivity index (χ0v) is 15.9. The molecule has 0 saturated carbocycles. The van der Waals surface area contributed by atoms with Gasteiger partial charge in [0.1, 0.15) is 0 Å². The van der Waals surface area contributed by atoms with E-state index in [1.807, 2.05) is 0 Å². The van der Waals surface area contributed by atoms with Gasteiger partial charge >= 0.3 is 6.18 Å². The van der Waals surface area contributed by atoms with E-state index in [1.165, 1.54) is 24.3 Å². The predicted molar refractivity (Wildman–Crippen MR) is 96.1 cm³/mol. The van der Waals surface area contributed by atoms with Crippen molar-refractivity contribution in [1.82, 2.24) is 9.97 Å². The van der Waals surface area contributed by atoms with Crippen LogP contribution in [0.2, 0.25) is 25.1 Å². The molecule has 0 aliphatic rings. The molecule has 0 atom stereocenters. The van der Waals surface area contributed by atoms with Crippen LogP contribution in [0.5, 0.6) is 11.6 Å². The van der Waals surface area contributed by atoms with Gasteiger partial charge in [0.15, 0.2) is 5.75 Å². The van der Waals surface area contributed by atoms with Gasteiger partial charge in [-0.1, -0.05) is 58.0 Å². The molecule has 0 unspecified atom stereocenters. The highest BCUT2D eigenvalue weighted by atomic mass is 35.5. The van der Waals surface area contributed by atoms with Crippen LogP contribution in [0.3, 0.4) is 0 Å². The van der Waals surface area contributed by atoms with Crippen molar-refractivity contribution in [3.05, 3.63) is 55.1 Å². The Bertz CT molecular complexity index is 1000. The van der Waals surface area contributed by atoms with Crippen molar-refractivity contribution < 1.29 is 17.9 Å². The second kappa shape index (κ2) is 7.09. The van der Waals surface area contributed by atoms with Crippen LogP contribution in [0, 0.1) is 0 Å². The number of ether oxygens (including phenoxy) is 1. The molecule has 2 aromatic carbocycles. The fraction of sp³-hybridized carbons (Fsp3) is 0.0667. The van der Waals surface area contributed by atoms with Crippen LogP contribution in [0.4, 0.5) is 13.2 Å². The monoisotopic (exact) mass is 460 g/mol. The van der Waals surface area contributed by atoms with Crippen LogP contribution in [0.15, 0.2) is 24.3 Å². The zero-order chi connectivity index (χ0) is 19.2. The molecule has 3 nitrogen and oxygen atoms in total. The summed E-state index contributed by atoms with van der Waals surface area (Å²) in [5.41, 5.74) is -1.43. The first-order valence-electron chi connectivity index (χ1n) is 6.62. The minimum absolute atomic E-state index is 0.0408. The Balaban J connectivity index is 2.22. The van der Waals surface area contributed by atoms with Crippen LogP contribution in [-0.2, 0) is 6.18 Å². The van der Waals surface area contributed by atoms with E-state index in [0.717, 1.165) is 0 Å². The molecule has 0 fully saturated rings. The third-order valence-corrected chi connectivity index (χ3v) is 4.61. The van der Waals surface area contributed by atoms with E-state index in [1.54, 1.807) is 0 Å². The molecule has 11 heteroatoms. The van der Waals surface area contributed by atoms with Gasteiger partial charge in [0.25, 0.3) is 5.88 Å². The average Bonchev–Trinajstić information content (AvgIpc) is 2.50. The van der Waals surface area contributed by atoms with E-state index in [2.05, 4.69) is 9.97 Å². The number of nitrogens with zero attached hydrogens (tertiary/aromatic N) is 2. The Labute approximate surface area is 169 Å². The molecule has 0 spiro atoms. The molecule has 0 radical (unpaired) electrons. The summed E-state index contributed by atoms with van der Waals surface area (Å²) in [5.74, 6) is -1.08. The van der Waals surface area contributed by atoms with Crippen LogP contribution in [-0.4, -0.2) is 9.97 Å². The van der Waals surface area contributed by atoms with Gasteiger partial charge in [-0.3, -0.25) is 0 Å². The van der Waals surface area contributed by atoms with Crippen molar-refractivity contribution in [1.29, 1.82) is 0 Å². The number of halogens is 8. The summed E-state index contributed by atoms with van der Waals surface area (Å²) >= 11 is 29.4. The lowest BCUT2D eigenvalue weighted by Crippen LogP contribution is -2.12. The van der Waals surface area contributed by atoms with Crippen LogP contribution < -0.4 is 4.74 Å². The number of rotatable bonds is 2. The van der Waals surface area contributed by atoms with E-state index in [0.29, 0.717) is 0 Å². The molecular formula is C15H4Cl5F3N2O. The number of alkyl halides is 3. The third kappa shape index (κ3) is 3.89. The Morgan fingerprint density at radius 1 is 0.731 bits per heavy atom. The Morgan fingerprint density at radius 2 is 1.23 bits per heavy atom. The molecule has 0 aliphatic carbocycles. The molecule has 0 aliphatic heterocycles. The maximum absolute atomic E-state index is 13.4. The smallest absolute Gasteiger partial charge is 0.434 e. The van der Waals surface area contributed by atoms with Crippen molar-refractivity contribution in [2.24, 2.45) is 0 Å². The van der Waals surface area contributed by atoms with E-state index in [9.17, 15) is 13.2 Å². The number of hydrogen-bond donors (Lipinski definition) is 0. The number of benzene rings is 2. The van der Waals surface area contributed by atoms with Crippen molar-refractivity contribution in [2.45, 2.75) is 6.18 Å². The van der Waals surface area contributed by atoms with Gasteiger partial charge in [0.05, 0.1) is 31.1 Å². The van der Waals surface area contributed by atoms with Crippen molar-refractivity contribution in [2.75, 3.05) is 0 Å². The molecule has 0 amide bonds. The maximum atomic E-state index is 13.4. The largest absolute Gasteiger partial charge is 0.438 e. The lowest BCUT2D eigenvalue weighted by molar-refractivity contribution is -0.142. The van der Waals surface area contributed by atoms with Crippen molar-refractivity contribution >= 4 is 69.0 Å². The molecule has 0 saturated heterocycles. The summed E-state index contributed by atoms with van der Waals surface area (Å²) in [7, 11) is 0. The molecule has 3 aromatic rings. The van der Waals surface area contributed by atoms with Gasteiger partial charge < -0.3 is 4.74 Å². The minimum atomic E-state index is -4.85. The molecule has 26 heavy (non-hydrogen) atoms. The van der Waals surface area contributed by atoms with E-state index in [-0.39, 0.29) is 41.9 Å². The normalized spacial score (nSPS) is 11.8. The summed E-state index contributed by atoms with van der Waals surface area (Å²) in [6.07, 6.45) is -4.85. The zero-order valence-electron chi connectivity index (χ0n) is 12.1. The van der Waals surface area contributed by atoms with E-state index >= 15 is 0 Å². The third-order valence-electron chi connectivity index (χ3n) is 3.10. The minimum Gasteiger partial charge on any atom is -0.434 e. The molecule has 1 heterocycles. The van der Waals surface area contributed by atoms with Crippen LogP contribution in [0.1, 0.15) is 5.69 Å². The molecule has 1 aromatic heterocycles. The first kappa shape index (κ1) is 19.6. The highest BCUT2D eigenvalue weighted by molar-refractivity contribution is 6.42. The second-order valence-corrected chi connectivity index (χ2v) is 7.00. The van der Waals surface area contributed by atoms with Crippen molar-refractivity contribution in [3.63, 3.8) is 0 Å². The lowest BCUT2D eigenvalue weighted by Gasteiger charge is -2.15. The summed E-state index contributed by atoms with van der Waals surface area (Å²) < 4.78 is 45.4. The van der Waals surface area contributed by atoms with Crippen molar-refractivity contribution in [3.8, 4) is 11.6 Å². The Kier molecular flexibility index (Phi) is 5.34. The Hall–Kier alpha value is -1.18. The highest BCUT2D eigenvalue weighted by Gasteiger charge is 2.38. The Morgan fingerprint density at radius 3 is 1.73 bits per heavy atom. The first-order chi connectivity index (χ1) is 12.1. The summed E-state index contributed by atoms with van der Waals surface area (Å²) in [4.78, 5) is 7.40. The van der Waals surface area contributed by atoms with Gasteiger partial charge in [-0.2, -0.15) is 13.2 Å². The van der Waals surface area contributed by atoms with Gasteiger partial charge in [-0.05, 0) is 24.3 Å². The van der Waals surface area contributed by atoms with Gasteiger partial charge in [0, 0.05) is 5.02 Å². The molecule has 0 N–H and O–H groups in total. The SMILES string of the molecule is FC(F)(F)c1nc2cc(Cl)c(Cl)cc2nc1Oc1c(Cl)cc(Cl)cc1Cl. The number of hydrogen-bond acceptors (Lipinski definition) is 3. The molecule has 3 rings (SSSR count). The van der Waals surface area contributed by atoms with Gasteiger partial charge in [-0.15, -0.1) is 0 Å². The standard InChI is InChI=1S/C15H4Cl5F3N2O/c16-5-1-8(19)12(9(20)2-5)26-14-13(15(21,22)23)24-10-3-6(17)7(18)4-11(10)25-14/h1-4H. The lowest BCUT2D eigenvalue weighted by atomic mass is 10.2. The van der Waals surface area contributed by atoms with Crippen LogP contribution >= 0.6 is 58.0 Å². The number of fused-ring (bicyclic) bond motifs is 1. The molecule has 136 valence electrons. The number of aromatic nitrogens is 2. The molecular weight excluding hydrogens is 458 g/mol. The summed E-state index contributed by atoms with van der Waals surface area (Å²) in [6.45, 7) is 0. The average molecular weight is 462 g/mol. The van der Waals surface area contributed by atoms with Crippen LogP contribution in [0.25, 0.3) is 11.0 Å². The predicted octanol–water partition coefficient (Wildman–Crippen LogP) is 7.71. The first-order valence-corrected chi connectivity index (χ1v) is 8.51. The topological polar surface area (TPSA) is 35.0 Å². The van der Waals surface area contributed by atoms with E-state index < -0.39 is 17.8 Å². The van der Waals surface area contributed by atoms with Gasteiger partial charge in [-0.25, -0.2) is 9.97 Å². The van der Waals surface area contributed by atoms with E-state index in [4.69, 9.17) is 62.7 Å². The summed E-state index contributed by atoms with van der Waals surface area (Å²) in [5, 5.41) is 0.147.